The summed E-state index contributed by atoms with van der Waals surface area (Å²) in [5.74, 6) is 1.18. The normalized spacial score (nSPS) is 21.9. The Bertz CT molecular complexity index is 766. The van der Waals surface area contributed by atoms with Crippen molar-refractivity contribution in [3.8, 4) is 17.0 Å². The topological polar surface area (TPSA) is 72.5 Å². The van der Waals surface area contributed by atoms with Crippen LogP contribution in [0, 0.1) is 5.92 Å². The van der Waals surface area contributed by atoms with E-state index in [2.05, 4.69) is 15.6 Å². The number of benzene rings is 1. The molecule has 0 saturated carbocycles. The highest BCUT2D eigenvalue weighted by Gasteiger charge is 2.19. The Morgan fingerprint density at radius 2 is 2.19 bits per heavy atom. The van der Waals surface area contributed by atoms with Crippen molar-refractivity contribution in [1.82, 2.24) is 15.6 Å². The van der Waals surface area contributed by atoms with Crippen molar-refractivity contribution in [1.29, 1.82) is 0 Å². The molecular weight excluding hydrogens is 342 g/mol. The van der Waals surface area contributed by atoms with E-state index < -0.39 is 0 Å². The fourth-order valence-electron chi connectivity index (χ4n) is 3.46. The molecule has 2 aliphatic heterocycles. The molecule has 6 heteroatoms. The summed E-state index contributed by atoms with van der Waals surface area (Å²) in [4.78, 5) is 16.9. The van der Waals surface area contributed by atoms with Gasteiger partial charge in [-0.2, -0.15) is 0 Å². The average molecular weight is 367 g/mol. The SMILES string of the molecule is O=C(NC1CCNC1)c1ccc(-c2ccccc2OCC2CCOC2)nc1. The van der Waals surface area contributed by atoms with Crippen molar-refractivity contribution in [2.75, 3.05) is 32.9 Å². The number of nitrogens with one attached hydrogen (secondary N) is 2. The van der Waals surface area contributed by atoms with Crippen molar-refractivity contribution in [3.63, 3.8) is 0 Å². The van der Waals surface area contributed by atoms with E-state index >= 15 is 0 Å². The third-order valence-electron chi connectivity index (χ3n) is 5.08. The van der Waals surface area contributed by atoms with Gasteiger partial charge in [0.25, 0.3) is 5.91 Å². The second-order valence-electron chi connectivity index (χ2n) is 7.13. The molecule has 6 nitrogen and oxygen atoms in total. The third-order valence-corrected chi connectivity index (χ3v) is 5.08. The zero-order chi connectivity index (χ0) is 18.5. The van der Waals surface area contributed by atoms with Crippen LogP contribution in [0.25, 0.3) is 11.3 Å². The molecule has 2 aliphatic rings. The monoisotopic (exact) mass is 367 g/mol. The summed E-state index contributed by atoms with van der Waals surface area (Å²) >= 11 is 0. The number of para-hydroxylation sites is 1. The van der Waals surface area contributed by atoms with Gasteiger partial charge in [0, 0.05) is 36.9 Å². The van der Waals surface area contributed by atoms with Gasteiger partial charge < -0.3 is 20.1 Å². The number of aromatic nitrogens is 1. The number of carbonyl (C=O) groups is 1. The van der Waals surface area contributed by atoms with Crippen molar-refractivity contribution >= 4 is 5.91 Å². The van der Waals surface area contributed by atoms with Crippen LogP contribution in [0.3, 0.4) is 0 Å². The standard InChI is InChI=1S/C21H25N3O3/c25-21(24-17-7-9-22-12-17)16-5-6-19(23-11-16)18-3-1-2-4-20(18)27-14-15-8-10-26-13-15/h1-6,11,15,17,22H,7-10,12-14H2,(H,24,25). The lowest BCUT2D eigenvalue weighted by molar-refractivity contribution is 0.0939. The zero-order valence-electron chi connectivity index (χ0n) is 15.3. The Hall–Kier alpha value is -2.44. The zero-order valence-corrected chi connectivity index (χ0v) is 15.3. The van der Waals surface area contributed by atoms with Gasteiger partial charge in [-0.3, -0.25) is 9.78 Å². The summed E-state index contributed by atoms with van der Waals surface area (Å²) in [6.45, 7) is 4.01. The number of hydrogen-bond donors (Lipinski definition) is 2. The van der Waals surface area contributed by atoms with Crippen LogP contribution in [-0.4, -0.2) is 49.8 Å². The van der Waals surface area contributed by atoms with E-state index in [0.717, 1.165) is 56.2 Å². The molecule has 2 saturated heterocycles. The predicted molar refractivity (Wildman–Crippen MR) is 103 cm³/mol. The van der Waals surface area contributed by atoms with Gasteiger partial charge in [0.05, 0.1) is 24.5 Å². The minimum atomic E-state index is -0.0754. The first-order valence-electron chi connectivity index (χ1n) is 9.57. The molecule has 142 valence electrons. The third kappa shape index (κ3) is 4.46. The summed E-state index contributed by atoms with van der Waals surface area (Å²) in [6.07, 6.45) is 3.64. The average Bonchev–Trinajstić information content (AvgIpc) is 3.41. The van der Waals surface area contributed by atoms with E-state index in [4.69, 9.17) is 9.47 Å². The van der Waals surface area contributed by atoms with Gasteiger partial charge in [-0.05, 0) is 43.7 Å². The minimum absolute atomic E-state index is 0.0754. The number of amides is 1. The molecule has 0 aliphatic carbocycles. The Kier molecular flexibility index (Phi) is 5.65. The van der Waals surface area contributed by atoms with E-state index in [1.54, 1.807) is 6.20 Å². The number of carbonyl (C=O) groups excluding carboxylic acids is 1. The molecule has 2 atom stereocenters. The molecule has 2 unspecified atom stereocenters. The summed E-state index contributed by atoms with van der Waals surface area (Å²) < 4.78 is 11.4. The van der Waals surface area contributed by atoms with Crippen LogP contribution in [0.15, 0.2) is 42.6 Å². The highest BCUT2D eigenvalue weighted by Crippen LogP contribution is 2.29. The van der Waals surface area contributed by atoms with Crippen LogP contribution in [0.5, 0.6) is 5.75 Å². The molecule has 27 heavy (non-hydrogen) atoms. The smallest absolute Gasteiger partial charge is 0.253 e. The van der Waals surface area contributed by atoms with E-state index in [0.29, 0.717) is 18.1 Å². The first kappa shape index (κ1) is 17.9. The molecule has 4 rings (SSSR count). The predicted octanol–water partition coefficient (Wildman–Crippen LogP) is 2.26. The van der Waals surface area contributed by atoms with Gasteiger partial charge in [0.1, 0.15) is 5.75 Å². The van der Waals surface area contributed by atoms with E-state index in [-0.39, 0.29) is 11.9 Å². The van der Waals surface area contributed by atoms with Crippen molar-refractivity contribution in [3.05, 3.63) is 48.2 Å². The lowest BCUT2D eigenvalue weighted by atomic mass is 10.1. The molecular formula is C21H25N3O3. The molecule has 2 aromatic rings. The van der Waals surface area contributed by atoms with Gasteiger partial charge in [-0.25, -0.2) is 0 Å². The summed E-state index contributed by atoms with van der Waals surface area (Å²) in [5.41, 5.74) is 2.31. The largest absolute Gasteiger partial charge is 0.493 e. The molecule has 3 heterocycles. The molecule has 2 N–H and O–H groups in total. The van der Waals surface area contributed by atoms with Crippen LogP contribution in [0.4, 0.5) is 0 Å². The summed E-state index contributed by atoms with van der Waals surface area (Å²) in [5, 5.41) is 6.29. The summed E-state index contributed by atoms with van der Waals surface area (Å²) in [7, 11) is 0. The molecule has 0 bridgehead atoms. The second-order valence-corrected chi connectivity index (χ2v) is 7.13. The Labute approximate surface area is 159 Å². The van der Waals surface area contributed by atoms with Gasteiger partial charge in [-0.1, -0.05) is 12.1 Å². The number of ether oxygens (including phenoxy) is 2. The maximum Gasteiger partial charge on any atom is 0.253 e. The first-order chi connectivity index (χ1) is 13.3. The Morgan fingerprint density at radius 1 is 1.26 bits per heavy atom. The maximum atomic E-state index is 12.3. The van der Waals surface area contributed by atoms with Gasteiger partial charge in [-0.15, -0.1) is 0 Å². The second kappa shape index (κ2) is 8.50. The van der Waals surface area contributed by atoms with Crippen molar-refractivity contribution < 1.29 is 14.3 Å². The van der Waals surface area contributed by atoms with E-state index in [1.807, 2.05) is 36.4 Å². The number of rotatable bonds is 6. The molecule has 1 aromatic heterocycles. The minimum Gasteiger partial charge on any atom is -0.493 e. The molecule has 2 fully saturated rings. The molecule has 0 radical (unpaired) electrons. The number of pyridine rings is 1. The molecule has 0 spiro atoms. The van der Waals surface area contributed by atoms with Crippen LogP contribution >= 0.6 is 0 Å². The Balaban J connectivity index is 1.44. The lowest BCUT2D eigenvalue weighted by Gasteiger charge is -2.14. The highest BCUT2D eigenvalue weighted by atomic mass is 16.5. The van der Waals surface area contributed by atoms with E-state index in [1.165, 1.54) is 0 Å². The number of hydrogen-bond acceptors (Lipinski definition) is 5. The van der Waals surface area contributed by atoms with Gasteiger partial charge >= 0.3 is 0 Å². The quantitative estimate of drug-likeness (QED) is 0.819. The fraction of sp³-hybridized carbons (Fsp3) is 0.429. The fourth-order valence-corrected chi connectivity index (χ4v) is 3.46. The van der Waals surface area contributed by atoms with Crippen LogP contribution < -0.4 is 15.4 Å². The van der Waals surface area contributed by atoms with Crippen LogP contribution in [0.1, 0.15) is 23.2 Å². The van der Waals surface area contributed by atoms with Crippen molar-refractivity contribution in [2.45, 2.75) is 18.9 Å². The summed E-state index contributed by atoms with van der Waals surface area (Å²) in [6, 6.07) is 11.8. The highest BCUT2D eigenvalue weighted by molar-refractivity contribution is 5.94. The first-order valence-corrected chi connectivity index (χ1v) is 9.57. The van der Waals surface area contributed by atoms with Gasteiger partial charge in [0.2, 0.25) is 0 Å². The lowest BCUT2D eigenvalue weighted by Crippen LogP contribution is -2.36. The van der Waals surface area contributed by atoms with E-state index in [9.17, 15) is 4.79 Å². The number of nitrogens with zero attached hydrogens (tertiary/aromatic N) is 1. The molecule has 1 amide bonds. The van der Waals surface area contributed by atoms with Gasteiger partial charge in [0.15, 0.2) is 0 Å². The van der Waals surface area contributed by atoms with Crippen LogP contribution in [-0.2, 0) is 4.74 Å². The Morgan fingerprint density at radius 3 is 2.93 bits per heavy atom. The van der Waals surface area contributed by atoms with Crippen LogP contribution in [0.2, 0.25) is 0 Å². The molecule has 1 aromatic carbocycles. The van der Waals surface area contributed by atoms with Crippen molar-refractivity contribution in [2.24, 2.45) is 5.92 Å². The maximum absolute atomic E-state index is 12.3.